The Kier molecular flexibility index (Phi) is 9.32. The number of aliphatic imine (C=N–C) groups is 1. The first-order valence-electron chi connectivity index (χ1n) is 9.49. The molecule has 0 bridgehead atoms. The Morgan fingerprint density at radius 1 is 1.19 bits per heavy atom. The maximum Gasteiger partial charge on any atom is 0.191 e. The summed E-state index contributed by atoms with van der Waals surface area (Å²) in [4.78, 5) is 5.43. The molecule has 0 heterocycles. The van der Waals surface area contributed by atoms with Crippen LogP contribution in [-0.4, -0.2) is 50.3 Å². The molecule has 1 aliphatic carbocycles. The normalized spacial score (nSPS) is 23.2. The Morgan fingerprint density at radius 2 is 1.96 bits per heavy atom. The van der Waals surface area contributed by atoms with Crippen molar-refractivity contribution in [3.05, 3.63) is 30.3 Å². The molecule has 1 aliphatic rings. The van der Waals surface area contributed by atoms with Crippen molar-refractivity contribution in [1.82, 2.24) is 10.6 Å². The number of rotatable bonds is 8. The van der Waals surface area contributed by atoms with Gasteiger partial charge in [-0.3, -0.25) is 13.4 Å². The summed E-state index contributed by atoms with van der Waals surface area (Å²) in [6, 6.07) is 9.82. The van der Waals surface area contributed by atoms with E-state index in [-0.39, 0.29) is 0 Å². The van der Waals surface area contributed by atoms with Crippen LogP contribution in [0.1, 0.15) is 39.5 Å². The number of nitrogens with one attached hydrogen (secondary N) is 2. The van der Waals surface area contributed by atoms with E-state index >= 15 is 0 Å². The average molecular weight is 398 g/mol. The molecule has 4 atom stereocenters. The van der Waals surface area contributed by atoms with Crippen LogP contribution in [0.15, 0.2) is 40.2 Å². The summed E-state index contributed by atoms with van der Waals surface area (Å²) in [5, 5.41) is 7.04. The fourth-order valence-corrected chi connectivity index (χ4v) is 5.50. The zero-order chi connectivity index (χ0) is 18.8. The van der Waals surface area contributed by atoms with Crippen LogP contribution in [-0.2, 0) is 21.6 Å². The summed E-state index contributed by atoms with van der Waals surface area (Å²) in [6.07, 6.45) is 4.17. The van der Waals surface area contributed by atoms with Gasteiger partial charge in [0.05, 0.1) is 17.3 Å². The van der Waals surface area contributed by atoms with Crippen molar-refractivity contribution in [1.29, 1.82) is 0 Å². The molecule has 0 radical (unpaired) electrons. The molecular weight excluding hydrogens is 366 g/mol. The largest absolute Gasteiger partial charge is 0.357 e. The molecule has 26 heavy (non-hydrogen) atoms. The second kappa shape index (κ2) is 11.5. The number of nitrogens with zero attached hydrogens (tertiary/aromatic N) is 1. The van der Waals surface area contributed by atoms with Crippen molar-refractivity contribution in [2.45, 2.75) is 55.7 Å². The number of hydrogen-bond acceptors (Lipinski definition) is 3. The van der Waals surface area contributed by atoms with E-state index in [9.17, 15) is 8.42 Å². The molecule has 2 rings (SSSR count). The van der Waals surface area contributed by atoms with Gasteiger partial charge in [-0.2, -0.15) is 0 Å². The number of hydrogen-bond donors (Lipinski definition) is 2. The van der Waals surface area contributed by atoms with Gasteiger partial charge in [0.25, 0.3) is 0 Å². The summed E-state index contributed by atoms with van der Waals surface area (Å²) in [5.74, 6) is 2.01. The van der Waals surface area contributed by atoms with E-state index < -0.39 is 21.6 Å². The minimum atomic E-state index is -1.03. The van der Waals surface area contributed by atoms with Crippen molar-refractivity contribution in [3.63, 3.8) is 0 Å². The predicted molar refractivity (Wildman–Crippen MR) is 112 cm³/mol. The van der Waals surface area contributed by atoms with Crippen LogP contribution in [0.4, 0.5) is 0 Å². The van der Waals surface area contributed by atoms with Gasteiger partial charge in [-0.05, 0) is 38.3 Å². The van der Waals surface area contributed by atoms with Gasteiger partial charge in [0.1, 0.15) is 0 Å². The summed E-state index contributed by atoms with van der Waals surface area (Å²) in [7, 11) is -1.75. The highest BCUT2D eigenvalue weighted by Crippen LogP contribution is 2.22. The second-order valence-corrected chi connectivity index (χ2v) is 10.00. The molecule has 5 nitrogen and oxygen atoms in total. The van der Waals surface area contributed by atoms with Gasteiger partial charge in [0.2, 0.25) is 0 Å². The number of guanidine groups is 1. The molecule has 2 N–H and O–H groups in total. The molecule has 1 aromatic rings. The molecule has 0 saturated heterocycles. The second-order valence-electron chi connectivity index (χ2n) is 6.42. The van der Waals surface area contributed by atoms with Crippen LogP contribution >= 0.6 is 0 Å². The average Bonchev–Trinajstić information content (AvgIpc) is 2.68. The maximum absolute atomic E-state index is 12.3. The van der Waals surface area contributed by atoms with Crippen LogP contribution in [0.5, 0.6) is 0 Å². The Hall–Kier alpha value is -1.21. The Labute approximate surface area is 162 Å². The van der Waals surface area contributed by atoms with Gasteiger partial charge in [0.15, 0.2) is 5.96 Å². The van der Waals surface area contributed by atoms with E-state index in [4.69, 9.17) is 0 Å². The van der Waals surface area contributed by atoms with E-state index in [1.165, 1.54) is 0 Å². The summed E-state index contributed by atoms with van der Waals surface area (Å²) in [5.41, 5.74) is 0. The van der Waals surface area contributed by atoms with Gasteiger partial charge in [-0.15, -0.1) is 0 Å². The molecule has 1 aromatic carbocycles. The van der Waals surface area contributed by atoms with Crippen LogP contribution in [0.3, 0.4) is 0 Å². The Morgan fingerprint density at radius 3 is 2.65 bits per heavy atom. The van der Waals surface area contributed by atoms with Crippen molar-refractivity contribution < 1.29 is 8.42 Å². The predicted octanol–water partition coefficient (Wildman–Crippen LogP) is 2.43. The van der Waals surface area contributed by atoms with Crippen molar-refractivity contribution in [2.24, 2.45) is 4.99 Å². The van der Waals surface area contributed by atoms with E-state index in [2.05, 4.69) is 15.6 Å². The van der Waals surface area contributed by atoms with E-state index in [1.807, 2.05) is 44.2 Å². The first kappa shape index (κ1) is 21.1. The van der Waals surface area contributed by atoms with Gasteiger partial charge < -0.3 is 10.6 Å². The Balaban J connectivity index is 1.88. The van der Waals surface area contributed by atoms with Crippen LogP contribution in [0.2, 0.25) is 0 Å². The van der Waals surface area contributed by atoms with Crippen molar-refractivity contribution in [2.75, 3.05) is 24.6 Å². The lowest BCUT2D eigenvalue weighted by Crippen LogP contribution is -2.46. The minimum absolute atomic E-state index is 0.291. The highest BCUT2D eigenvalue weighted by atomic mass is 32.2. The third-order valence-electron chi connectivity index (χ3n) is 4.52. The standard InChI is InChI=1S/C19H31N3O2S2/c1-3-20-19(21-13-14-26(24)17-10-6-5-7-11-17)22-16-9-8-12-18(15-16)25(23)4-2/h5-7,10-11,16,18H,3-4,8-9,12-15H2,1-2H3,(H2,20,21,22). The third-order valence-corrected chi connectivity index (χ3v) is 7.61. The zero-order valence-corrected chi connectivity index (χ0v) is 17.4. The molecule has 146 valence electrons. The lowest BCUT2D eigenvalue weighted by molar-refractivity contribution is 0.413. The van der Waals surface area contributed by atoms with E-state index in [0.29, 0.717) is 23.6 Å². The minimum Gasteiger partial charge on any atom is -0.357 e. The van der Waals surface area contributed by atoms with E-state index in [1.54, 1.807) is 0 Å². The smallest absolute Gasteiger partial charge is 0.191 e. The first-order chi connectivity index (χ1) is 12.6. The summed E-state index contributed by atoms with van der Waals surface area (Å²) in [6.45, 7) is 5.32. The quantitative estimate of drug-likeness (QED) is 0.522. The lowest BCUT2D eigenvalue weighted by Gasteiger charge is -2.30. The fourth-order valence-electron chi connectivity index (χ4n) is 3.19. The third kappa shape index (κ3) is 6.83. The molecule has 4 unspecified atom stereocenters. The Bertz CT molecular complexity index is 622. The molecule has 0 aliphatic heterocycles. The van der Waals surface area contributed by atoms with Crippen LogP contribution in [0, 0.1) is 0 Å². The van der Waals surface area contributed by atoms with Gasteiger partial charge in [-0.1, -0.05) is 31.5 Å². The monoisotopic (exact) mass is 397 g/mol. The fraction of sp³-hybridized carbons (Fsp3) is 0.632. The molecular formula is C19H31N3O2S2. The zero-order valence-electron chi connectivity index (χ0n) is 15.8. The molecule has 1 fully saturated rings. The SMILES string of the molecule is CCNC(=NCCS(=O)c1ccccc1)NC1CCCC(S(=O)CC)C1. The van der Waals surface area contributed by atoms with Crippen LogP contribution < -0.4 is 10.6 Å². The van der Waals surface area contributed by atoms with Gasteiger partial charge in [-0.25, -0.2) is 0 Å². The van der Waals surface area contributed by atoms with Crippen molar-refractivity contribution in [3.8, 4) is 0 Å². The molecule has 0 amide bonds. The molecule has 0 aromatic heterocycles. The lowest BCUT2D eigenvalue weighted by atomic mass is 9.95. The van der Waals surface area contributed by atoms with Crippen LogP contribution in [0.25, 0.3) is 0 Å². The molecule has 1 saturated carbocycles. The summed E-state index contributed by atoms with van der Waals surface area (Å²) >= 11 is 0. The van der Waals surface area contributed by atoms with Gasteiger partial charge >= 0.3 is 0 Å². The molecule has 7 heteroatoms. The summed E-state index contributed by atoms with van der Waals surface area (Å²) < 4.78 is 24.4. The highest BCUT2D eigenvalue weighted by Gasteiger charge is 2.26. The van der Waals surface area contributed by atoms with Gasteiger partial charge in [0, 0.05) is 45.0 Å². The maximum atomic E-state index is 12.3. The topological polar surface area (TPSA) is 70.6 Å². The first-order valence-corrected chi connectivity index (χ1v) is 12.2. The highest BCUT2D eigenvalue weighted by molar-refractivity contribution is 7.85. The van der Waals surface area contributed by atoms with E-state index in [0.717, 1.165) is 48.8 Å². The number of benzene rings is 1. The molecule has 0 spiro atoms. The van der Waals surface area contributed by atoms with Crippen molar-refractivity contribution >= 4 is 27.6 Å².